The summed E-state index contributed by atoms with van der Waals surface area (Å²) in [5, 5.41) is 23.1. The van der Waals surface area contributed by atoms with Crippen LogP contribution in [-0.4, -0.2) is 42.4 Å². The number of hydrogen-bond donors (Lipinski definition) is 4. The second kappa shape index (κ2) is 7.24. The number of imidazole rings is 1. The van der Waals surface area contributed by atoms with E-state index in [0.717, 1.165) is 24.8 Å². The first-order valence-corrected chi connectivity index (χ1v) is 8.97. The van der Waals surface area contributed by atoms with Crippen molar-refractivity contribution in [2.45, 2.75) is 31.8 Å². The van der Waals surface area contributed by atoms with Gasteiger partial charge in [-0.3, -0.25) is 4.57 Å². The molecule has 1 unspecified atom stereocenters. The van der Waals surface area contributed by atoms with Crippen LogP contribution in [0.15, 0.2) is 36.4 Å². The van der Waals surface area contributed by atoms with Gasteiger partial charge in [-0.15, -0.1) is 0 Å². The number of nitrogens with zero attached hydrogens (tertiary/aromatic N) is 4. The molecule has 3 heterocycles. The summed E-state index contributed by atoms with van der Waals surface area (Å²) in [7, 11) is 0. The van der Waals surface area contributed by atoms with Gasteiger partial charge in [-0.2, -0.15) is 15.0 Å². The van der Waals surface area contributed by atoms with E-state index in [9.17, 15) is 10.2 Å². The second-order valence-electron chi connectivity index (χ2n) is 6.70. The van der Waals surface area contributed by atoms with Gasteiger partial charge in [-0.1, -0.05) is 36.4 Å². The zero-order valence-electron chi connectivity index (χ0n) is 14.8. The van der Waals surface area contributed by atoms with Crippen LogP contribution in [0.2, 0.25) is 0 Å². The highest BCUT2D eigenvalue weighted by atomic mass is 16.3. The smallest absolute Gasteiger partial charge is 0.296 e. The molecule has 4 bridgehead atoms. The molecular formula is C19H22N6O2. The van der Waals surface area contributed by atoms with Gasteiger partial charge in [0.25, 0.3) is 6.01 Å². The summed E-state index contributed by atoms with van der Waals surface area (Å²) in [6.07, 6.45) is 6.65. The number of rotatable bonds is 1. The molecular weight excluding hydrogens is 344 g/mol. The Balaban J connectivity index is 1.83. The Hall–Kier alpha value is -3.13. The van der Waals surface area contributed by atoms with Crippen LogP contribution >= 0.6 is 0 Å². The number of aliphatic hydroxyl groups is 1. The summed E-state index contributed by atoms with van der Waals surface area (Å²) in [5.41, 5.74) is 9.07. The van der Waals surface area contributed by atoms with Crippen LogP contribution in [0, 0.1) is 0 Å². The molecule has 4 rings (SSSR count). The molecule has 0 saturated carbocycles. The van der Waals surface area contributed by atoms with E-state index in [4.69, 9.17) is 5.73 Å². The van der Waals surface area contributed by atoms with Crippen molar-refractivity contribution in [1.82, 2.24) is 19.5 Å². The molecule has 8 nitrogen and oxygen atoms in total. The quantitative estimate of drug-likeness (QED) is 0.485. The minimum Gasteiger partial charge on any atom is -0.480 e. The molecule has 2 aromatic heterocycles. The molecule has 27 heavy (non-hydrogen) atoms. The number of nitrogens with two attached hydrogens (primary N) is 1. The predicted molar refractivity (Wildman–Crippen MR) is 104 cm³/mol. The molecule has 1 aromatic carbocycles. The van der Waals surface area contributed by atoms with Crippen LogP contribution in [0.5, 0.6) is 6.01 Å². The zero-order chi connectivity index (χ0) is 18.8. The fraction of sp³-hybridized carbons (Fsp3) is 0.316. The molecule has 0 saturated heterocycles. The molecule has 8 heteroatoms. The summed E-state index contributed by atoms with van der Waals surface area (Å²) in [5.74, 6) is 0.499. The van der Waals surface area contributed by atoms with Gasteiger partial charge in [-0.05, 0) is 30.4 Å². The average Bonchev–Trinajstić information content (AvgIpc) is 2.96. The molecule has 1 aliphatic rings. The molecule has 0 aliphatic carbocycles. The Morgan fingerprint density at radius 1 is 1.19 bits per heavy atom. The molecule has 1 atom stereocenters. The molecule has 1 aliphatic heterocycles. The fourth-order valence-corrected chi connectivity index (χ4v) is 3.28. The van der Waals surface area contributed by atoms with Crippen molar-refractivity contribution in [2.24, 2.45) is 0 Å². The van der Waals surface area contributed by atoms with E-state index in [1.54, 1.807) is 4.57 Å². The van der Waals surface area contributed by atoms with E-state index in [2.05, 4.69) is 44.6 Å². The van der Waals surface area contributed by atoms with Gasteiger partial charge in [0.2, 0.25) is 5.95 Å². The number of allylic oxidation sites excluding steroid dienone is 2. The summed E-state index contributed by atoms with van der Waals surface area (Å²) in [4.78, 5) is 12.8. The molecule has 5 N–H and O–H groups in total. The van der Waals surface area contributed by atoms with Gasteiger partial charge in [0, 0.05) is 0 Å². The van der Waals surface area contributed by atoms with Crippen LogP contribution in [-0.2, 0) is 13.0 Å². The van der Waals surface area contributed by atoms with Crippen LogP contribution in [0.1, 0.15) is 24.0 Å². The third-order valence-electron chi connectivity index (χ3n) is 4.69. The summed E-state index contributed by atoms with van der Waals surface area (Å²) in [6, 6.07) is 7.84. The highest BCUT2D eigenvalue weighted by Crippen LogP contribution is 2.25. The van der Waals surface area contributed by atoms with Gasteiger partial charge in [0.05, 0.1) is 19.2 Å². The van der Waals surface area contributed by atoms with Gasteiger partial charge in [0.15, 0.2) is 17.0 Å². The summed E-state index contributed by atoms with van der Waals surface area (Å²) >= 11 is 0. The molecule has 0 spiro atoms. The number of benzene rings is 1. The number of nitrogens with one attached hydrogen (secondary N) is 1. The lowest BCUT2D eigenvalue weighted by Gasteiger charge is -2.15. The lowest BCUT2D eigenvalue weighted by atomic mass is 10.1. The molecule has 0 fully saturated rings. The van der Waals surface area contributed by atoms with Crippen LogP contribution < -0.4 is 11.1 Å². The van der Waals surface area contributed by atoms with Crippen molar-refractivity contribution < 1.29 is 10.2 Å². The normalized spacial score (nSPS) is 18.6. The van der Waals surface area contributed by atoms with E-state index < -0.39 is 0 Å². The molecule has 3 aromatic rings. The van der Waals surface area contributed by atoms with E-state index in [-0.39, 0.29) is 24.5 Å². The SMILES string of the molecule is Nc1nc2nc3c1nc(O)n3Cc1cccc(c1)C/C=C/CCC(CO)N2. The Kier molecular flexibility index (Phi) is 4.64. The van der Waals surface area contributed by atoms with Crippen molar-refractivity contribution in [1.29, 1.82) is 0 Å². The Morgan fingerprint density at radius 3 is 2.89 bits per heavy atom. The minimum atomic E-state index is -0.192. The highest BCUT2D eigenvalue weighted by Gasteiger charge is 2.18. The van der Waals surface area contributed by atoms with Crippen molar-refractivity contribution in [3.63, 3.8) is 0 Å². The van der Waals surface area contributed by atoms with E-state index in [0.29, 0.717) is 23.7 Å². The molecule has 140 valence electrons. The first-order valence-electron chi connectivity index (χ1n) is 8.97. The number of hydrogen-bond acceptors (Lipinski definition) is 7. The monoisotopic (exact) mass is 366 g/mol. The average molecular weight is 366 g/mol. The topological polar surface area (TPSA) is 122 Å². The number of aliphatic hydroxyl groups excluding tert-OH is 1. The van der Waals surface area contributed by atoms with Crippen molar-refractivity contribution in [2.75, 3.05) is 17.7 Å². The lowest BCUT2D eigenvalue weighted by molar-refractivity contribution is 0.269. The third-order valence-corrected chi connectivity index (χ3v) is 4.69. The Bertz CT molecular complexity index is 997. The maximum atomic E-state index is 10.3. The number of aromatic nitrogens is 4. The van der Waals surface area contributed by atoms with Gasteiger partial charge in [-0.25, -0.2) is 0 Å². The summed E-state index contributed by atoms with van der Waals surface area (Å²) < 4.78 is 1.61. The summed E-state index contributed by atoms with van der Waals surface area (Å²) in [6.45, 7) is 0.375. The zero-order valence-corrected chi connectivity index (χ0v) is 14.8. The predicted octanol–water partition coefficient (Wildman–Crippen LogP) is 1.83. The number of fused-ring (bicyclic) bond motifs is 3. The number of nitrogen functional groups attached to an aromatic ring is 1. The van der Waals surface area contributed by atoms with Gasteiger partial charge in [0.1, 0.15) is 0 Å². The van der Waals surface area contributed by atoms with Crippen molar-refractivity contribution in [3.8, 4) is 6.01 Å². The fourth-order valence-electron chi connectivity index (χ4n) is 3.28. The van der Waals surface area contributed by atoms with Gasteiger partial charge >= 0.3 is 0 Å². The maximum absolute atomic E-state index is 10.3. The first-order chi connectivity index (χ1) is 13.1. The van der Waals surface area contributed by atoms with E-state index in [1.807, 2.05) is 12.1 Å². The number of aromatic hydroxyl groups is 1. The Morgan fingerprint density at radius 2 is 2.04 bits per heavy atom. The third kappa shape index (κ3) is 3.56. The molecule has 0 amide bonds. The van der Waals surface area contributed by atoms with Crippen LogP contribution in [0.25, 0.3) is 11.2 Å². The highest BCUT2D eigenvalue weighted by molar-refractivity contribution is 5.84. The van der Waals surface area contributed by atoms with E-state index in [1.165, 1.54) is 5.56 Å². The van der Waals surface area contributed by atoms with Crippen molar-refractivity contribution in [3.05, 3.63) is 47.5 Å². The van der Waals surface area contributed by atoms with Crippen LogP contribution in [0.4, 0.5) is 11.8 Å². The first kappa shape index (κ1) is 17.3. The van der Waals surface area contributed by atoms with Gasteiger partial charge < -0.3 is 21.3 Å². The maximum Gasteiger partial charge on any atom is 0.296 e. The second-order valence-corrected chi connectivity index (χ2v) is 6.70. The molecule has 0 radical (unpaired) electrons. The largest absolute Gasteiger partial charge is 0.480 e. The Labute approximate surface area is 156 Å². The minimum absolute atomic E-state index is 0.0412. The van der Waals surface area contributed by atoms with Crippen molar-refractivity contribution >= 4 is 22.9 Å². The number of anilines is 2. The lowest BCUT2D eigenvalue weighted by Crippen LogP contribution is -2.25. The standard InChI is InChI=1S/C19H22N6O2/c20-16-15-17-24-18(23-16)21-14(11-26)8-3-1-2-5-12-6-4-7-13(9-12)10-25(17)19(27)22-15/h1-2,4,6-7,9,14,26H,3,5,8,10-11H2,(H,22,27)(H3,20,21,23,24)/b2-1+. The van der Waals surface area contributed by atoms with E-state index >= 15 is 0 Å². The van der Waals surface area contributed by atoms with Crippen LogP contribution in [0.3, 0.4) is 0 Å².